The molecule has 1 amide bonds. The molecular weight excluding hydrogens is 326 g/mol. The van der Waals surface area contributed by atoms with Crippen LogP contribution >= 0.6 is 15.9 Å². The Kier molecular flexibility index (Phi) is 4.09. The van der Waals surface area contributed by atoms with Crippen molar-refractivity contribution in [2.45, 2.75) is 6.92 Å². The Balaban J connectivity index is 2.37. The van der Waals surface area contributed by atoms with E-state index in [2.05, 4.69) is 26.2 Å². The van der Waals surface area contributed by atoms with Gasteiger partial charge in [-0.05, 0) is 24.6 Å². The van der Waals surface area contributed by atoms with Gasteiger partial charge in [0.2, 0.25) is 0 Å². The molecule has 1 N–H and O–H groups in total. The molecule has 0 radical (unpaired) electrons. The Morgan fingerprint density at radius 1 is 1.40 bits per heavy atom. The van der Waals surface area contributed by atoms with E-state index in [0.29, 0.717) is 11.4 Å². The van der Waals surface area contributed by atoms with E-state index in [9.17, 15) is 14.9 Å². The van der Waals surface area contributed by atoms with Gasteiger partial charge in [-0.3, -0.25) is 14.9 Å². The van der Waals surface area contributed by atoms with Gasteiger partial charge in [0.1, 0.15) is 11.4 Å². The van der Waals surface area contributed by atoms with Gasteiger partial charge in [0.25, 0.3) is 11.6 Å². The number of halogens is 1. The number of hydrogen-bond donors (Lipinski definition) is 1. The van der Waals surface area contributed by atoms with Crippen LogP contribution in [-0.2, 0) is 0 Å². The molecule has 1 aromatic heterocycles. The number of benzene rings is 1. The largest absolute Gasteiger partial charge is 0.306 e. The van der Waals surface area contributed by atoms with Crippen LogP contribution in [0.2, 0.25) is 0 Å². The third kappa shape index (κ3) is 3.00. The van der Waals surface area contributed by atoms with Crippen molar-refractivity contribution in [3.8, 4) is 0 Å². The second-order valence-electron chi connectivity index (χ2n) is 4.04. The topological polar surface area (TPSA) is 85.1 Å². The summed E-state index contributed by atoms with van der Waals surface area (Å²) in [6, 6.07) is 7.82. The third-order valence-corrected chi connectivity index (χ3v) is 3.13. The smallest absolute Gasteiger partial charge is 0.282 e. The van der Waals surface area contributed by atoms with Crippen molar-refractivity contribution in [1.29, 1.82) is 0 Å². The van der Waals surface area contributed by atoms with Crippen LogP contribution in [0.1, 0.15) is 15.9 Å². The van der Waals surface area contributed by atoms with E-state index in [1.165, 1.54) is 12.3 Å². The van der Waals surface area contributed by atoms with Crippen molar-refractivity contribution in [2.75, 3.05) is 5.32 Å². The van der Waals surface area contributed by atoms with E-state index in [0.717, 1.165) is 4.47 Å². The maximum atomic E-state index is 12.2. The van der Waals surface area contributed by atoms with Crippen molar-refractivity contribution < 1.29 is 9.72 Å². The van der Waals surface area contributed by atoms with Crippen molar-refractivity contribution >= 4 is 33.3 Å². The number of nitro benzene ring substituents is 1. The fourth-order valence-electron chi connectivity index (χ4n) is 1.75. The molecule has 0 saturated carbocycles. The van der Waals surface area contributed by atoms with Crippen LogP contribution in [0.25, 0.3) is 0 Å². The number of nitro groups is 1. The van der Waals surface area contributed by atoms with Crippen LogP contribution in [-0.4, -0.2) is 15.8 Å². The number of carbonyl (C=O) groups is 1. The van der Waals surface area contributed by atoms with E-state index < -0.39 is 10.8 Å². The van der Waals surface area contributed by atoms with Crippen LogP contribution in [0.4, 0.5) is 11.5 Å². The Hall–Kier alpha value is -2.28. The van der Waals surface area contributed by atoms with Crippen molar-refractivity contribution in [2.24, 2.45) is 0 Å². The number of rotatable bonds is 3. The number of nitrogens with one attached hydrogen (secondary N) is 1. The highest BCUT2D eigenvalue weighted by Crippen LogP contribution is 2.23. The molecule has 0 fully saturated rings. The number of carbonyl (C=O) groups excluding carboxylic acids is 1. The minimum atomic E-state index is -0.573. The molecule has 2 aromatic rings. The molecule has 0 atom stereocenters. The fourth-order valence-corrected chi connectivity index (χ4v) is 2.09. The molecule has 0 aliphatic heterocycles. The maximum Gasteiger partial charge on any atom is 0.282 e. The number of aromatic nitrogens is 1. The highest BCUT2D eigenvalue weighted by Gasteiger charge is 2.22. The Morgan fingerprint density at radius 2 is 2.15 bits per heavy atom. The lowest BCUT2D eigenvalue weighted by Crippen LogP contribution is -2.16. The summed E-state index contributed by atoms with van der Waals surface area (Å²) in [5.74, 6) is -0.234. The second kappa shape index (κ2) is 5.79. The van der Waals surface area contributed by atoms with Gasteiger partial charge < -0.3 is 5.32 Å². The van der Waals surface area contributed by atoms with Crippen molar-refractivity contribution in [3.05, 3.63) is 62.2 Å². The molecule has 0 bridgehead atoms. The zero-order chi connectivity index (χ0) is 14.7. The Labute approximate surface area is 123 Å². The lowest BCUT2D eigenvalue weighted by Gasteiger charge is -2.07. The van der Waals surface area contributed by atoms with Crippen molar-refractivity contribution in [3.63, 3.8) is 0 Å². The average Bonchev–Trinajstić information content (AvgIpc) is 2.38. The predicted molar refractivity (Wildman–Crippen MR) is 77.7 cm³/mol. The molecule has 0 saturated heterocycles. The molecule has 7 heteroatoms. The molecular formula is C13H10BrN3O3. The van der Waals surface area contributed by atoms with E-state index in [-0.39, 0.29) is 11.3 Å². The van der Waals surface area contributed by atoms with Gasteiger partial charge in [-0.1, -0.05) is 28.1 Å². The molecule has 0 aliphatic rings. The first-order valence-electron chi connectivity index (χ1n) is 5.66. The number of pyridine rings is 1. The van der Waals surface area contributed by atoms with Gasteiger partial charge in [-0.15, -0.1) is 0 Å². The van der Waals surface area contributed by atoms with Gasteiger partial charge in [0.05, 0.1) is 4.92 Å². The normalized spacial score (nSPS) is 10.1. The van der Waals surface area contributed by atoms with Gasteiger partial charge in [-0.2, -0.15) is 0 Å². The summed E-state index contributed by atoms with van der Waals surface area (Å²) in [7, 11) is 0. The number of anilines is 1. The van der Waals surface area contributed by atoms with Crippen LogP contribution in [0.3, 0.4) is 0 Å². The van der Waals surface area contributed by atoms with Gasteiger partial charge in [-0.25, -0.2) is 4.98 Å². The molecule has 0 unspecified atom stereocenters. The molecule has 1 aromatic carbocycles. The van der Waals surface area contributed by atoms with Gasteiger partial charge >= 0.3 is 0 Å². The first-order chi connectivity index (χ1) is 9.49. The minimum Gasteiger partial charge on any atom is -0.306 e. The summed E-state index contributed by atoms with van der Waals surface area (Å²) < 4.78 is 0.752. The maximum absolute atomic E-state index is 12.2. The van der Waals surface area contributed by atoms with Gasteiger partial charge in [0.15, 0.2) is 0 Å². The Bertz CT molecular complexity index is 688. The Morgan fingerprint density at radius 3 is 2.80 bits per heavy atom. The van der Waals surface area contributed by atoms with Crippen LogP contribution in [0, 0.1) is 17.0 Å². The molecule has 0 spiro atoms. The molecule has 102 valence electrons. The van der Waals surface area contributed by atoms with Crippen LogP contribution < -0.4 is 5.32 Å². The number of amides is 1. The zero-order valence-corrected chi connectivity index (χ0v) is 12.0. The minimum absolute atomic E-state index is 0.0410. The molecule has 2 rings (SSSR count). The quantitative estimate of drug-likeness (QED) is 0.688. The summed E-state index contributed by atoms with van der Waals surface area (Å²) in [5.41, 5.74) is 0.350. The number of hydrogen-bond acceptors (Lipinski definition) is 4. The fraction of sp³-hybridized carbons (Fsp3) is 0.0769. The molecule has 1 heterocycles. The lowest BCUT2D eigenvalue weighted by atomic mass is 10.1. The zero-order valence-electron chi connectivity index (χ0n) is 10.5. The summed E-state index contributed by atoms with van der Waals surface area (Å²) in [6.07, 6.45) is 1.52. The summed E-state index contributed by atoms with van der Waals surface area (Å²) in [4.78, 5) is 26.6. The summed E-state index contributed by atoms with van der Waals surface area (Å²) >= 11 is 3.26. The third-order valence-electron chi connectivity index (χ3n) is 2.64. The first-order valence-corrected chi connectivity index (χ1v) is 6.45. The SMILES string of the molecule is Cc1cccc([N+](=O)[O-])c1C(=O)Nc1cc(Br)ccn1. The van der Waals surface area contributed by atoms with E-state index in [1.54, 1.807) is 31.2 Å². The van der Waals surface area contributed by atoms with E-state index in [4.69, 9.17) is 0 Å². The monoisotopic (exact) mass is 335 g/mol. The molecule has 6 nitrogen and oxygen atoms in total. The van der Waals surface area contributed by atoms with E-state index in [1.807, 2.05) is 0 Å². The predicted octanol–water partition coefficient (Wildman–Crippen LogP) is 3.31. The van der Waals surface area contributed by atoms with Crippen LogP contribution in [0.15, 0.2) is 41.0 Å². The summed E-state index contributed by atoms with van der Waals surface area (Å²) in [5, 5.41) is 13.5. The number of nitrogens with zero attached hydrogens (tertiary/aromatic N) is 2. The van der Waals surface area contributed by atoms with Crippen LogP contribution in [0.5, 0.6) is 0 Å². The number of aryl methyl sites for hydroxylation is 1. The molecule has 0 aliphatic carbocycles. The highest BCUT2D eigenvalue weighted by molar-refractivity contribution is 9.10. The van der Waals surface area contributed by atoms with Gasteiger partial charge in [0, 0.05) is 16.7 Å². The van der Waals surface area contributed by atoms with Crippen molar-refractivity contribution in [1.82, 2.24) is 4.98 Å². The molecule has 20 heavy (non-hydrogen) atoms. The second-order valence-corrected chi connectivity index (χ2v) is 4.96. The average molecular weight is 336 g/mol. The lowest BCUT2D eigenvalue weighted by molar-refractivity contribution is -0.385. The highest BCUT2D eigenvalue weighted by atomic mass is 79.9. The summed E-state index contributed by atoms with van der Waals surface area (Å²) in [6.45, 7) is 1.65. The standard InChI is InChI=1S/C13H10BrN3O3/c1-8-3-2-4-10(17(19)20)12(8)13(18)16-11-7-9(14)5-6-15-11/h2-7H,1H3,(H,15,16,18). The van der Waals surface area contributed by atoms with E-state index >= 15 is 0 Å². The first kappa shape index (κ1) is 14.1.